The number of benzene rings is 2. The highest BCUT2D eigenvalue weighted by Gasteiger charge is 2.15. The summed E-state index contributed by atoms with van der Waals surface area (Å²) in [6, 6.07) is 10.7. The molecule has 2 aromatic carbocycles. The molecule has 0 saturated heterocycles. The minimum atomic E-state index is -0.374. The number of halogens is 3. The molecule has 0 spiro atoms. The van der Waals surface area contributed by atoms with Crippen molar-refractivity contribution in [3.05, 3.63) is 62.3 Å². The Bertz CT molecular complexity index is 637. The van der Waals surface area contributed by atoms with Crippen molar-refractivity contribution in [2.24, 2.45) is 5.84 Å². The fourth-order valence-corrected chi connectivity index (χ4v) is 3.44. The smallest absolute Gasteiger partial charge is 0.165 e. The molecule has 1 atom stereocenters. The van der Waals surface area contributed by atoms with Gasteiger partial charge in [0.1, 0.15) is 0 Å². The monoisotopic (exact) mass is 416 g/mol. The van der Waals surface area contributed by atoms with Crippen LogP contribution in [-0.4, -0.2) is 7.11 Å². The molecule has 1 unspecified atom stereocenters. The van der Waals surface area contributed by atoms with Gasteiger partial charge in [-0.3, -0.25) is 11.3 Å². The topological polar surface area (TPSA) is 47.3 Å². The van der Waals surface area contributed by atoms with E-state index in [1.165, 1.54) is 13.2 Å². The number of nitrogens with two attached hydrogens (primary N) is 1. The van der Waals surface area contributed by atoms with Crippen LogP contribution < -0.4 is 16.0 Å². The molecule has 0 amide bonds. The van der Waals surface area contributed by atoms with Crippen molar-refractivity contribution >= 4 is 31.9 Å². The van der Waals surface area contributed by atoms with Crippen molar-refractivity contribution in [2.75, 3.05) is 7.11 Å². The van der Waals surface area contributed by atoms with E-state index in [4.69, 9.17) is 10.6 Å². The molecule has 0 bridgehead atoms. The summed E-state index contributed by atoms with van der Waals surface area (Å²) < 4.78 is 20.6. The molecule has 0 aliphatic rings. The van der Waals surface area contributed by atoms with E-state index >= 15 is 0 Å². The van der Waals surface area contributed by atoms with E-state index in [1.54, 1.807) is 6.07 Å². The molecule has 0 saturated carbocycles. The molecule has 2 aromatic rings. The molecule has 6 heteroatoms. The highest BCUT2D eigenvalue weighted by molar-refractivity contribution is 9.11. The molecule has 2 rings (SSSR count). The molecule has 3 nitrogen and oxygen atoms in total. The van der Waals surface area contributed by atoms with Crippen LogP contribution in [0, 0.1) is 5.82 Å². The number of methoxy groups -OCH3 is 1. The van der Waals surface area contributed by atoms with Crippen LogP contribution >= 0.6 is 31.9 Å². The molecule has 3 N–H and O–H groups in total. The zero-order valence-electron chi connectivity index (χ0n) is 11.4. The van der Waals surface area contributed by atoms with Crippen molar-refractivity contribution in [1.82, 2.24) is 5.43 Å². The van der Waals surface area contributed by atoms with Gasteiger partial charge in [-0.25, -0.2) is 4.39 Å². The number of rotatable bonds is 5. The van der Waals surface area contributed by atoms with Crippen molar-refractivity contribution in [3.63, 3.8) is 0 Å². The molecule has 0 aliphatic carbocycles. The molecule has 0 heterocycles. The van der Waals surface area contributed by atoms with Gasteiger partial charge in [-0.2, -0.15) is 0 Å². The fraction of sp³-hybridized carbons (Fsp3) is 0.200. The predicted molar refractivity (Wildman–Crippen MR) is 88.6 cm³/mol. The molecule has 112 valence electrons. The maximum absolute atomic E-state index is 13.7. The highest BCUT2D eigenvalue weighted by Crippen LogP contribution is 2.29. The lowest BCUT2D eigenvalue weighted by atomic mass is 9.99. The number of ether oxygens (including phenoxy) is 1. The Kier molecular flexibility index (Phi) is 5.75. The molecule has 0 radical (unpaired) electrons. The average molecular weight is 418 g/mol. The number of nitrogens with one attached hydrogen (secondary N) is 1. The van der Waals surface area contributed by atoms with Gasteiger partial charge < -0.3 is 4.74 Å². The third kappa shape index (κ3) is 4.03. The Morgan fingerprint density at radius 3 is 2.57 bits per heavy atom. The van der Waals surface area contributed by atoms with E-state index in [0.29, 0.717) is 6.42 Å². The largest absolute Gasteiger partial charge is 0.494 e. The predicted octanol–water partition coefficient (Wildman–Crippen LogP) is 4.11. The molecular weight excluding hydrogens is 403 g/mol. The van der Waals surface area contributed by atoms with Crippen molar-refractivity contribution < 1.29 is 9.13 Å². The van der Waals surface area contributed by atoms with Crippen LogP contribution in [0.4, 0.5) is 4.39 Å². The summed E-state index contributed by atoms with van der Waals surface area (Å²) in [4.78, 5) is 0. The zero-order chi connectivity index (χ0) is 15.4. The van der Waals surface area contributed by atoms with E-state index in [-0.39, 0.29) is 17.6 Å². The summed E-state index contributed by atoms with van der Waals surface area (Å²) in [5.74, 6) is 5.52. The lowest BCUT2D eigenvalue weighted by Crippen LogP contribution is -2.29. The average Bonchev–Trinajstić information content (AvgIpc) is 2.45. The SMILES string of the molecule is COc1ccc(CC(NN)c2ccc(Br)cc2Br)cc1F. The molecule has 0 aliphatic heterocycles. The van der Waals surface area contributed by atoms with Gasteiger partial charge in [0.25, 0.3) is 0 Å². The first kappa shape index (κ1) is 16.4. The standard InChI is InChI=1S/C15H15Br2FN2O/c1-21-15-5-2-9(6-13(15)18)7-14(20-19)11-4-3-10(16)8-12(11)17/h2-6,8,14,20H,7,19H2,1H3. The lowest BCUT2D eigenvalue weighted by molar-refractivity contribution is 0.386. The second kappa shape index (κ2) is 7.35. The van der Waals surface area contributed by atoms with Crippen LogP contribution in [0.25, 0.3) is 0 Å². The summed E-state index contributed by atoms with van der Waals surface area (Å²) in [5.41, 5.74) is 4.63. The Morgan fingerprint density at radius 1 is 1.24 bits per heavy atom. The van der Waals surface area contributed by atoms with Gasteiger partial charge in [0.2, 0.25) is 0 Å². The lowest BCUT2D eigenvalue weighted by Gasteiger charge is -2.18. The van der Waals surface area contributed by atoms with Gasteiger partial charge in [0, 0.05) is 8.95 Å². The summed E-state index contributed by atoms with van der Waals surface area (Å²) in [6.45, 7) is 0. The molecule has 0 aromatic heterocycles. The maximum atomic E-state index is 13.7. The summed E-state index contributed by atoms with van der Waals surface area (Å²) in [5, 5.41) is 0. The normalized spacial score (nSPS) is 12.2. The van der Waals surface area contributed by atoms with Crippen LogP contribution in [-0.2, 0) is 6.42 Å². The van der Waals surface area contributed by atoms with Gasteiger partial charge >= 0.3 is 0 Å². The summed E-state index contributed by atoms with van der Waals surface area (Å²) >= 11 is 6.93. The van der Waals surface area contributed by atoms with Gasteiger partial charge in [0.15, 0.2) is 11.6 Å². The van der Waals surface area contributed by atoms with E-state index in [0.717, 1.165) is 20.1 Å². The van der Waals surface area contributed by atoms with Crippen molar-refractivity contribution in [1.29, 1.82) is 0 Å². The third-order valence-corrected chi connectivity index (χ3v) is 4.38. The van der Waals surface area contributed by atoms with Crippen LogP contribution in [0.15, 0.2) is 45.3 Å². The third-order valence-electron chi connectivity index (χ3n) is 3.20. The highest BCUT2D eigenvalue weighted by atomic mass is 79.9. The second-order valence-corrected chi connectivity index (χ2v) is 6.33. The van der Waals surface area contributed by atoms with Crippen LogP contribution in [0.2, 0.25) is 0 Å². The van der Waals surface area contributed by atoms with Gasteiger partial charge in [-0.15, -0.1) is 0 Å². The van der Waals surface area contributed by atoms with Gasteiger partial charge in [-0.1, -0.05) is 44.0 Å². The Hall–Kier alpha value is -0.950. The fourth-order valence-electron chi connectivity index (χ4n) is 2.12. The van der Waals surface area contributed by atoms with Crippen molar-refractivity contribution in [3.8, 4) is 5.75 Å². The van der Waals surface area contributed by atoms with E-state index in [1.807, 2.05) is 24.3 Å². The van der Waals surface area contributed by atoms with Gasteiger partial charge in [0.05, 0.1) is 13.2 Å². The number of hydrogen-bond acceptors (Lipinski definition) is 3. The number of hydrogen-bond donors (Lipinski definition) is 2. The van der Waals surface area contributed by atoms with E-state index < -0.39 is 0 Å². The molecule has 0 fully saturated rings. The van der Waals surface area contributed by atoms with Crippen LogP contribution in [0.3, 0.4) is 0 Å². The second-order valence-electron chi connectivity index (χ2n) is 4.56. The minimum Gasteiger partial charge on any atom is -0.494 e. The first-order chi connectivity index (χ1) is 10.0. The summed E-state index contributed by atoms with van der Waals surface area (Å²) in [7, 11) is 1.45. The van der Waals surface area contributed by atoms with Crippen LogP contribution in [0.5, 0.6) is 5.75 Å². The quantitative estimate of drug-likeness (QED) is 0.568. The molecular formula is C15H15Br2FN2O. The maximum Gasteiger partial charge on any atom is 0.165 e. The van der Waals surface area contributed by atoms with Gasteiger partial charge in [-0.05, 0) is 41.8 Å². The first-order valence-corrected chi connectivity index (χ1v) is 7.87. The van der Waals surface area contributed by atoms with Crippen molar-refractivity contribution in [2.45, 2.75) is 12.5 Å². The Labute approximate surface area is 139 Å². The minimum absolute atomic E-state index is 0.125. The van der Waals surface area contributed by atoms with E-state index in [9.17, 15) is 4.39 Å². The summed E-state index contributed by atoms with van der Waals surface area (Å²) in [6.07, 6.45) is 0.567. The Morgan fingerprint density at radius 2 is 2.00 bits per heavy atom. The Balaban J connectivity index is 2.24. The van der Waals surface area contributed by atoms with E-state index in [2.05, 4.69) is 37.3 Å². The van der Waals surface area contributed by atoms with Crippen LogP contribution in [0.1, 0.15) is 17.2 Å². The first-order valence-electron chi connectivity index (χ1n) is 6.28. The number of hydrazine groups is 1. The zero-order valence-corrected chi connectivity index (χ0v) is 14.5. The molecule has 21 heavy (non-hydrogen) atoms.